The number of rotatable bonds is 6. The standard InChI is InChI=1S/C16H28N2O/c1-13-6-8-15(9-7-13)18(3)14(2)11-17-12-16-5-4-10-19-16/h4-5,10,13-15,17H,6-9,11-12H2,1-3H3. The maximum Gasteiger partial charge on any atom is 0.117 e. The zero-order chi connectivity index (χ0) is 13.7. The number of likely N-dealkylation sites (N-methyl/N-ethyl adjacent to an activating group) is 1. The summed E-state index contributed by atoms with van der Waals surface area (Å²) in [4.78, 5) is 2.56. The van der Waals surface area contributed by atoms with Gasteiger partial charge in [0.2, 0.25) is 0 Å². The minimum atomic E-state index is 0.577. The van der Waals surface area contributed by atoms with E-state index in [1.807, 2.05) is 12.1 Å². The molecule has 0 amide bonds. The van der Waals surface area contributed by atoms with Crippen molar-refractivity contribution in [3.63, 3.8) is 0 Å². The molecule has 1 heterocycles. The lowest BCUT2D eigenvalue weighted by molar-refractivity contribution is 0.129. The van der Waals surface area contributed by atoms with Gasteiger partial charge in [0.05, 0.1) is 12.8 Å². The SMILES string of the molecule is CC1CCC(N(C)C(C)CNCc2ccco2)CC1. The van der Waals surface area contributed by atoms with E-state index in [1.54, 1.807) is 6.26 Å². The maximum atomic E-state index is 5.33. The highest BCUT2D eigenvalue weighted by Crippen LogP contribution is 2.27. The summed E-state index contributed by atoms with van der Waals surface area (Å²) < 4.78 is 5.33. The van der Waals surface area contributed by atoms with E-state index in [4.69, 9.17) is 4.42 Å². The second-order valence-corrected chi connectivity index (χ2v) is 6.14. The Morgan fingerprint density at radius 2 is 2.11 bits per heavy atom. The average Bonchev–Trinajstić information content (AvgIpc) is 2.92. The van der Waals surface area contributed by atoms with Crippen molar-refractivity contribution in [3.05, 3.63) is 24.2 Å². The number of nitrogens with zero attached hydrogens (tertiary/aromatic N) is 1. The van der Waals surface area contributed by atoms with Crippen molar-refractivity contribution in [2.75, 3.05) is 13.6 Å². The molecular formula is C16H28N2O. The topological polar surface area (TPSA) is 28.4 Å². The maximum absolute atomic E-state index is 5.33. The normalized spacial score (nSPS) is 25.7. The molecule has 0 bridgehead atoms. The lowest BCUT2D eigenvalue weighted by atomic mass is 9.86. The van der Waals surface area contributed by atoms with E-state index in [9.17, 15) is 0 Å². The predicted octanol–water partition coefficient (Wildman–Crippen LogP) is 3.27. The summed E-state index contributed by atoms with van der Waals surface area (Å²) in [5.74, 6) is 1.94. The highest BCUT2D eigenvalue weighted by molar-refractivity contribution is 4.97. The second kappa shape index (κ2) is 7.11. The number of furan rings is 1. The summed E-state index contributed by atoms with van der Waals surface area (Å²) >= 11 is 0. The Hall–Kier alpha value is -0.800. The van der Waals surface area contributed by atoms with Gasteiger partial charge in [-0.2, -0.15) is 0 Å². The Morgan fingerprint density at radius 1 is 1.37 bits per heavy atom. The third kappa shape index (κ3) is 4.36. The molecule has 108 valence electrons. The zero-order valence-electron chi connectivity index (χ0n) is 12.6. The van der Waals surface area contributed by atoms with Crippen LogP contribution in [0.1, 0.15) is 45.3 Å². The van der Waals surface area contributed by atoms with Crippen molar-refractivity contribution in [1.29, 1.82) is 0 Å². The van der Waals surface area contributed by atoms with Crippen LogP contribution < -0.4 is 5.32 Å². The summed E-state index contributed by atoms with van der Waals surface area (Å²) in [6, 6.07) is 5.31. The first-order valence-electron chi connectivity index (χ1n) is 7.62. The fourth-order valence-corrected chi connectivity index (χ4v) is 2.97. The molecule has 1 N–H and O–H groups in total. The molecule has 1 aliphatic carbocycles. The molecule has 3 heteroatoms. The third-order valence-electron chi connectivity index (χ3n) is 4.58. The third-order valence-corrected chi connectivity index (χ3v) is 4.58. The van der Waals surface area contributed by atoms with Crippen molar-refractivity contribution in [3.8, 4) is 0 Å². The zero-order valence-corrected chi connectivity index (χ0v) is 12.6. The molecule has 19 heavy (non-hydrogen) atoms. The molecule has 1 aromatic rings. The molecular weight excluding hydrogens is 236 g/mol. The van der Waals surface area contributed by atoms with E-state index < -0.39 is 0 Å². The molecule has 0 saturated heterocycles. The fourth-order valence-electron chi connectivity index (χ4n) is 2.97. The Balaban J connectivity index is 1.68. The first-order valence-corrected chi connectivity index (χ1v) is 7.62. The lowest BCUT2D eigenvalue weighted by Crippen LogP contribution is -2.45. The molecule has 1 saturated carbocycles. The molecule has 2 rings (SSSR count). The van der Waals surface area contributed by atoms with Gasteiger partial charge >= 0.3 is 0 Å². The van der Waals surface area contributed by atoms with Crippen LogP contribution in [0.15, 0.2) is 22.8 Å². The molecule has 0 spiro atoms. The van der Waals surface area contributed by atoms with Gasteiger partial charge in [-0.15, -0.1) is 0 Å². The van der Waals surface area contributed by atoms with Gasteiger partial charge in [0.15, 0.2) is 0 Å². The summed E-state index contributed by atoms with van der Waals surface area (Å²) in [5.41, 5.74) is 0. The van der Waals surface area contributed by atoms with Crippen LogP contribution in [0.5, 0.6) is 0 Å². The molecule has 1 aliphatic rings. The number of nitrogens with one attached hydrogen (secondary N) is 1. The van der Waals surface area contributed by atoms with E-state index in [0.29, 0.717) is 6.04 Å². The van der Waals surface area contributed by atoms with Crippen molar-refractivity contribution in [2.24, 2.45) is 5.92 Å². The highest BCUT2D eigenvalue weighted by atomic mass is 16.3. The Morgan fingerprint density at radius 3 is 2.74 bits per heavy atom. The van der Waals surface area contributed by atoms with E-state index in [0.717, 1.165) is 30.8 Å². The minimum Gasteiger partial charge on any atom is -0.468 e. The van der Waals surface area contributed by atoms with Crippen LogP contribution in [-0.2, 0) is 6.54 Å². The average molecular weight is 264 g/mol. The first kappa shape index (κ1) is 14.6. The summed E-state index contributed by atoms with van der Waals surface area (Å²) in [5, 5.41) is 3.48. The van der Waals surface area contributed by atoms with E-state index in [2.05, 4.69) is 31.1 Å². The van der Waals surface area contributed by atoms with Gasteiger partial charge in [0.25, 0.3) is 0 Å². The van der Waals surface area contributed by atoms with Gasteiger partial charge in [0, 0.05) is 18.6 Å². The number of hydrogen-bond donors (Lipinski definition) is 1. The Bertz CT molecular complexity index is 342. The Labute approximate surface area is 117 Å². The van der Waals surface area contributed by atoms with Crippen LogP contribution >= 0.6 is 0 Å². The van der Waals surface area contributed by atoms with E-state index >= 15 is 0 Å². The van der Waals surface area contributed by atoms with Gasteiger partial charge < -0.3 is 9.73 Å². The second-order valence-electron chi connectivity index (χ2n) is 6.14. The van der Waals surface area contributed by atoms with Crippen LogP contribution in [0, 0.1) is 5.92 Å². The van der Waals surface area contributed by atoms with Gasteiger partial charge in [0.1, 0.15) is 5.76 Å². The lowest BCUT2D eigenvalue weighted by Gasteiger charge is -2.37. The van der Waals surface area contributed by atoms with E-state index in [-0.39, 0.29) is 0 Å². The van der Waals surface area contributed by atoms with Crippen molar-refractivity contribution in [2.45, 2.75) is 58.2 Å². The fraction of sp³-hybridized carbons (Fsp3) is 0.750. The summed E-state index contributed by atoms with van der Waals surface area (Å²) in [6.07, 6.45) is 7.24. The number of hydrogen-bond acceptors (Lipinski definition) is 3. The summed E-state index contributed by atoms with van der Waals surface area (Å²) in [6.45, 7) is 6.54. The molecule has 1 unspecified atom stereocenters. The summed E-state index contributed by atoms with van der Waals surface area (Å²) in [7, 11) is 2.28. The molecule has 3 nitrogen and oxygen atoms in total. The Kier molecular flexibility index (Phi) is 5.46. The molecule has 0 aliphatic heterocycles. The molecule has 1 fully saturated rings. The smallest absolute Gasteiger partial charge is 0.117 e. The highest BCUT2D eigenvalue weighted by Gasteiger charge is 2.24. The van der Waals surface area contributed by atoms with E-state index in [1.165, 1.54) is 25.7 Å². The van der Waals surface area contributed by atoms with Crippen LogP contribution in [0.3, 0.4) is 0 Å². The first-order chi connectivity index (χ1) is 9.16. The molecule has 0 radical (unpaired) electrons. The molecule has 0 aromatic carbocycles. The molecule has 1 aromatic heterocycles. The predicted molar refractivity (Wildman–Crippen MR) is 79.1 cm³/mol. The van der Waals surface area contributed by atoms with Gasteiger partial charge in [-0.3, -0.25) is 4.90 Å². The minimum absolute atomic E-state index is 0.577. The van der Waals surface area contributed by atoms with Crippen molar-refractivity contribution >= 4 is 0 Å². The molecule has 1 atom stereocenters. The van der Waals surface area contributed by atoms with Crippen molar-refractivity contribution < 1.29 is 4.42 Å². The quantitative estimate of drug-likeness (QED) is 0.855. The van der Waals surface area contributed by atoms with Crippen LogP contribution in [0.2, 0.25) is 0 Å². The van der Waals surface area contributed by atoms with Crippen LogP contribution in [0.25, 0.3) is 0 Å². The van der Waals surface area contributed by atoms with Crippen LogP contribution in [0.4, 0.5) is 0 Å². The largest absolute Gasteiger partial charge is 0.468 e. The van der Waals surface area contributed by atoms with Gasteiger partial charge in [-0.25, -0.2) is 0 Å². The van der Waals surface area contributed by atoms with Crippen LogP contribution in [-0.4, -0.2) is 30.6 Å². The van der Waals surface area contributed by atoms with Gasteiger partial charge in [-0.05, 0) is 57.7 Å². The van der Waals surface area contributed by atoms with Gasteiger partial charge in [-0.1, -0.05) is 6.92 Å². The van der Waals surface area contributed by atoms with Crippen molar-refractivity contribution in [1.82, 2.24) is 10.2 Å². The monoisotopic (exact) mass is 264 g/mol.